The lowest BCUT2D eigenvalue weighted by Crippen LogP contribution is -2.20. The van der Waals surface area contributed by atoms with Gasteiger partial charge in [0.15, 0.2) is 0 Å². The molecule has 0 aliphatic heterocycles. The number of anilines is 1. The van der Waals surface area contributed by atoms with Gasteiger partial charge in [-0.2, -0.15) is 0 Å². The molecule has 5 nitrogen and oxygen atoms in total. The summed E-state index contributed by atoms with van der Waals surface area (Å²) in [5.41, 5.74) is 1.47. The van der Waals surface area contributed by atoms with E-state index in [1.807, 2.05) is 0 Å². The lowest BCUT2D eigenvalue weighted by molar-refractivity contribution is 0.102. The van der Waals surface area contributed by atoms with E-state index in [1.54, 1.807) is 26.0 Å². The molecular weight excluding hydrogens is 319 g/mol. The van der Waals surface area contributed by atoms with Crippen molar-refractivity contribution in [2.24, 2.45) is 0 Å². The van der Waals surface area contributed by atoms with E-state index in [0.717, 1.165) is 6.07 Å². The number of benzene rings is 2. The quantitative estimate of drug-likeness (QED) is 0.901. The maximum absolute atomic E-state index is 13.5. The summed E-state index contributed by atoms with van der Waals surface area (Å²) in [6.45, 7) is 3.26. The Labute approximate surface area is 134 Å². The Morgan fingerprint density at radius 3 is 2.30 bits per heavy atom. The molecule has 0 saturated carbocycles. The van der Waals surface area contributed by atoms with Crippen LogP contribution in [0, 0.1) is 19.7 Å². The molecule has 7 heteroatoms. The van der Waals surface area contributed by atoms with Crippen LogP contribution in [0.1, 0.15) is 21.5 Å². The van der Waals surface area contributed by atoms with E-state index in [4.69, 9.17) is 0 Å². The maximum Gasteiger partial charge on any atom is 0.255 e. The zero-order valence-electron chi connectivity index (χ0n) is 13.0. The number of aryl methyl sites for hydroxylation is 2. The highest BCUT2D eigenvalue weighted by molar-refractivity contribution is 7.89. The second-order valence-electron chi connectivity index (χ2n) is 5.11. The van der Waals surface area contributed by atoms with Gasteiger partial charge in [0.1, 0.15) is 5.82 Å². The first kappa shape index (κ1) is 17.1. The van der Waals surface area contributed by atoms with Crippen LogP contribution in [0.2, 0.25) is 0 Å². The second kappa shape index (κ2) is 6.47. The number of sulfonamides is 1. The summed E-state index contributed by atoms with van der Waals surface area (Å²) in [6.07, 6.45) is 0. The van der Waals surface area contributed by atoms with Gasteiger partial charge in [0.2, 0.25) is 10.0 Å². The largest absolute Gasteiger partial charge is 0.322 e. The first-order chi connectivity index (χ1) is 10.7. The van der Waals surface area contributed by atoms with Crippen molar-refractivity contribution >= 4 is 21.6 Å². The first-order valence-corrected chi connectivity index (χ1v) is 8.34. The van der Waals surface area contributed by atoms with Gasteiger partial charge in [-0.3, -0.25) is 4.79 Å². The molecular formula is C16H17FN2O3S. The molecule has 2 N–H and O–H groups in total. The number of amides is 1. The van der Waals surface area contributed by atoms with Crippen LogP contribution in [-0.4, -0.2) is 21.4 Å². The van der Waals surface area contributed by atoms with E-state index in [9.17, 15) is 17.6 Å². The Balaban J connectivity index is 2.31. The third kappa shape index (κ3) is 3.75. The number of nitrogens with one attached hydrogen (secondary N) is 2. The summed E-state index contributed by atoms with van der Waals surface area (Å²) in [4.78, 5) is 12.2. The molecule has 0 spiro atoms. The highest BCUT2D eigenvalue weighted by atomic mass is 32.2. The van der Waals surface area contributed by atoms with E-state index in [1.165, 1.54) is 25.2 Å². The van der Waals surface area contributed by atoms with Crippen LogP contribution in [-0.2, 0) is 10.0 Å². The van der Waals surface area contributed by atoms with Gasteiger partial charge in [0.05, 0.1) is 4.90 Å². The number of rotatable bonds is 4. The Hall–Kier alpha value is -2.25. The van der Waals surface area contributed by atoms with Crippen LogP contribution in [0.5, 0.6) is 0 Å². The minimum Gasteiger partial charge on any atom is -0.322 e. The number of hydrogen-bond acceptors (Lipinski definition) is 3. The fourth-order valence-electron chi connectivity index (χ4n) is 2.01. The third-order valence-electron chi connectivity index (χ3n) is 3.44. The minimum absolute atomic E-state index is 0.0767. The maximum atomic E-state index is 13.5. The normalized spacial score (nSPS) is 11.3. The Kier molecular flexibility index (Phi) is 4.82. The standard InChI is InChI=1S/C16H17FN2O3S/c1-10-4-6-12(8-14(10)17)16(20)19-13-7-5-11(2)15(9-13)23(21,22)18-3/h4-9,18H,1-3H3,(H,19,20). The summed E-state index contributed by atoms with van der Waals surface area (Å²) in [5, 5.41) is 2.57. The van der Waals surface area contributed by atoms with Gasteiger partial charge >= 0.3 is 0 Å². The zero-order chi connectivity index (χ0) is 17.2. The van der Waals surface area contributed by atoms with Crippen molar-refractivity contribution in [1.82, 2.24) is 4.72 Å². The van der Waals surface area contributed by atoms with E-state index in [2.05, 4.69) is 10.0 Å². The van der Waals surface area contributed by atoms with Crippen LogP contribution >= 0.6 is 0 Å². The highest BCUT2D eigenvalue weighted by Crippen LogP contribution is 2.20. The van der Waals surface area contributed by atoms with Crippen molar-refractivity contribution in [3.8, 4) is 0 Å². The molecule has 0 aromatic heterocycles. The average Bonchev–Trinajstić information content (AvgIpc) is 2.51. The second-order valence-corrected chi connectivity index (χ2v) is 6.96. The van der Waals surface area contributed by atoms with Crippen LogP contribution < -0.4 is 10.0 Å². The van der Waals surface area contributed by atoms with Gasteiger partial charge in [-0.25, -0.2) is 17.5 Å². The summed E-state index contributed by atoms with van der Waals surface area (Å²) < 4.78 is 39.6. The molecule has 0 aliphatic carbocycles. The van der Waals surface area contributed by atoms with Crippen molar-refractivity contribution in [3.63, 3.8) is 0 Å². The number of carbonyl (C=O) groups is 1. The lowest BCUT2D eigenvalue weighted by Gasteiger charge is -2.10. The molecule has 1 amide bonds. The molecule has 0 radical (unpaired) electrons. The minimum atomic E-state index is -3.63. The molecule has 2 aromatic rings. The molecule has 2 rings (SSSR count). The highest BCUT2D eigenvalue weighted by Gasteiger charge is 2.16. The fourth-order valence-corrected chi connectivity index (χ4v) is 3.01. The molecule has 0 bridgehead atoms. The van der Waals surface area contributed by atoms with Crippen molar-refractivity contribution in [2.45, 2.75) is 18.7 Å². The predicted molar refractivity (Wildman–Crippen MR) is 86.5 cm³/mol. The number of hydrogen-bond donors (Lipinski definition) is 2. The van der Waals surface area contributed by atoms with E-state index in [-0.39, 0.29) is 10.5 Å². The van der Waals surface area contributed by atoms with E-state index < -0.39 is 21.7 Å². The molecule has 122 valence electrons. The first-order valence-electron chi connectivity index (χ1n) is 6.86. The molecule has 0 unspecified atom stereocenters. The van der Waals surface area contributed by atoms with Gasteiger partial charge < -0.3 is 5.32 Å². The lowest BCUT2D eigenvalue weighted by atomic mass is 10.1. The van der Waals surface area contributed by atoms with Gasteiger partial charge in [0.25, 0.3) is 5.91 Å². The zero-order valence-corrected chi connectivity index (χ0v) is 13.8. The molecule has 2 aromatic carbocycles. The predicted octanol–water partition coefficient (Wildman–Crippen LogP) is 2.60. The fraction of sp³-hybridized carbons (Fsp3) is 0.188. The molecule has 0 atom stereocenters. The van der Waals surface area contributed by atoms with Crippen molar-refractivity contribution < 1.29 is 17.6 Å². The summed E-state index contributed by atoms with van der Waals surface area (Å²) >= 11 is 0. The van der Waals surface area contributed by atoms with Crippen molar-refractivity contribution in [1.29, 1.82) is 0 Å². The number of carbonyl (C=O) groups excluding carboxylic acids is 1. The molecule has 0 fully saturated rings. The molecule has 23 heavy (non-hydrogen) atoms. The number of halogens is 1. The monoisotopic (exact) mass is 336 g/mol. The van der Waals surface area contributed by atoms with Gasteiger partial charge in [-0.1, -0.05) is 12.1 Å². The van der Waals surface area contributed by atoms with E-state index in [0.29, 0.717) is 16.8 Å². The van der Waals surface area contributed by atoms with Crippen LogP contribution in [0.3, 0.4) is 0 Å². The molecule has 0 heterocycles. The van der Waals surface area contributed by atoms with Crippen LogP contribution in [0.15, 0.2) is 41.3 Å². The van der Waals surface area contributed by atoms with Crippen molar-refractivity contribution in [3.05, 3.63) is 58.9 Å². The van der Waals surface area contributed by atoms with E-state index >= 15 is 0 Å². The Bertz CT molecular complexity index is 864. The SMILES string of the molecule is CNS(=O)(=O)c1cc(NC(=O)c2ccc(C)c(F)c2)ccc1C. The van der Waals surface area contributed by atoms with Crippen molar-refractivity contribution in [2.75, 3.05) is 12.4 Å². The summed E-state index contributed by atoms with van der Waals surface area (Å²) in [7, 11) is -2.31. The molecule has 0 saturated heterocycles. The Morgan fingerprint density at radius 1 is 1.04 bits per heavy atom. The summed E-state index contributed by atoms with van der Waals surface area (Å²) in [5.74, 6) is -0.986. The van der Waals surface area contributed by atoms with Crippen LogP contribution in [0.25, 0.3) is 0 Å². The molecule has 0 aliphatic rings. The van der Waals surface area contributed by atoms with Gasteiger partial charge in [-0.05, 0) is 56.3 Å². The third-order valence-corrected chi connectivity index (χ3v) is 4.99. The average molecular weight is 336 g/mol. The topological polar surface area (TPSA) is 75.3 Å². The van der Waals surface area contributed by atoms with Gasteiger partial charge in [0, 0.05) is 11.3 Å². The Morgan fingerprint density at radius 2 is 1.70 bits per heavy atom. The summed E-state index contributed by atoms with van der Waals surface area (Å²) in [6, 6.07) is 8.71. The smallest absolute Gasteiger partial charge is 0.255 e. The van der Waals surface area contributed by atoms with Gasteiger partial charge in [-0.15, -0.1) is 0 Å². The van der Waals surface area contributed by atoms with Crippen LogP contribution in [0.4, 0.5) is 10.1 Å².